The summed E-state index contributed by atoms with van der Waals surface area (Å²) in [6, 6.07) is 1.47. The minimum atomic E-state index is -0.887. The lowest BCUT2D eigenvalue weighted by Crippen LogP contribution is -2.34. The number of hydrogen-bond acceptors (Lipinski definition) is 3. The number of pyridine rings is 1. The molecule has 0 bridgehead atoms. The van der Waals surface area contributed by atoms with Crippen molar-refractivity contribution >= 4 is 11.6 Å². The quantitative estimate of drug-likeness (QED) is 0.786. The molecule has 0 aliphatic carbocycles. The maximum atomic E-state index is 13.3. The van der Waals surface area contributed by atoms with Crippen molar-refractivity contribution in [1.82, 2.24) is 4.98 Å². The molecule has 0 aliphatic heterocycles. The molecule has 1 heterocycles. The van der Waals surface area contributed by atoms with Crippen LogP contribution in [0.1, 0.15) is 12.5 Å². The van der Waals surface area contributed by atoms with Crippen LogP contribution >= 0.6 is 11.6 Å². The van der Waals surface area contributed by atoms with Crippen molar-refractivity contribution in [3.05, 3.63) is 28.8 Å². The lowest BCUT2D eigenvalue weighted by Gasteiger charge is -2.26. The number of rotatable bonds is 3. The number of aromatic nitrogens is 1. The highest BCUT2D eigenvalue weighted by Gasteiger charge is 2.28. The number of halogens is 2. The molecule has 1 rings (SSSR count). The average molecular weight is 219 g/mol. The highest BCUT2D eigenvalue weighted by molar-refractivity contribution is 6.30. The molecule has 0 fully saturated rings. The van der Waals surface area contributed by atoms with Gasteiger partial charge in [0.25, 0.3) is 0 Å². The van der Waals surface area contributed by atoms with Gasteiger partial charge in [-0.2, -0.15) is 4.39 Å². The molecule has 3 nitrogen and oxygen atoms in total. The molecule has 0 amide bonds. The maximum absolute atomic E-state index is 13.3. The van der Waals surface area contributed by atoms with Gasteiger partial charge in [0.2, 0.25) is 5.95 Å². The lowest BCUT2D eigenvalue weighted by atomic mass is 9.97. The molecule has 1 aromatic heterocycles. The van der Waals surface area contributed by atoms with Gasteiger partial charge in [-0.15, -0.1) is 0 Å². The molecule has 1 atom stereocenters. The van der Waals surface area contributed by atoms with Crippen LogP contribution in [0, 0.1) is 5.95 Å². The van der Waals surface area contributed by atoms with Gasteiger partial charge in [-0.3, -0.25) is 0 Å². The van der Waals surface area contributed by atoms with E-state index in [1.54, 1.807) is 6.92 Å². The summed E-state index contributed by atoms with van der Waals surface area (Å²) in [6.07, 6.45) is 1.24. The maximum Gasteiger partial charge on any atom is 0.219 e. The van der Waals surface area contributed by atoms with Gasteiger partial charge in [0.15, 0.2) is 0 Å². The van der Waals surface area contributed by atoms with Gasteiger partial charge in [-0.1, -0.05) is 11.6 Å². The molecule has 1 unspecified atom stereocenters. The van der Waals surface area contributed by atoms with E-state index in [1.807, 2.05) is 0 Å². The van der Waals surface area contributed by atoms with Crippen LogP contribution in [0.2, 0.25) is 5.02 Å². The summed E-state index contributed by atoms with van der Waals surface area (Å²) >= 11 is 5.71. The van der Waals surface area contributed by atoms with E-state index < -0.39 is 11.5 Å². The molecule has 0 saturated heterocycles. The Morgan fingerprint density at radius 2 is 2.36 bits per heavy atom. The molecule has 0 aromatic carbocycles. The first-order valence-corrected chi connectivity index (χ1v) is 4.48. The Morgan fingerprint density at radius 1 is 1.71 bits per heavy atom. The van der Waals surface area contributed by atoms with E-state index in [-0.39, 0.29) is 12.1 Å². The van der Waals surface area contributed by atoms with Crippen LogP contribution in [0.25, 0.3) is 0 Å². The van der Waals surface area contributed by atoms with Crippen LogP contribution in [-0.4, -0.2) is 18.6 Å². The Morgan fingerprint density at radius 3 is 2.86 bits per heavy atom. The standard InChI is InChI=1S/C9H12ClFN2O/c1-9(5-12,14-2)7-3-6(10)4-13-8(7)11/h3-4H,5,12H2,1-2H3. The third kappa shape index (κ3) is 2.03. The van der Waals surface area contributed by atoms with Crippen LogP contribution in [0.3, 0.4) is 0 Å². The molecule has 14 heavy (non-hydrogen) atoms. The fraction of sp³-hybridized carbons (Fsp3) is 0.444. The Labute approximate surface area is 87.0 Å². The summed E-state index contributed by atoms with van der Waals surface area (Å²) in [7, 11) is 1.47. The van der Waals surface area contributed by atoms with Crippen LogP contribution in [0.4, 0.5) is 4.39 Å². The van der Waals surface area contributed by atoms with E-state index in [0.29, 0.717) is 5.02 Å². The summed E-state index contributed by atoms with van der Waals surface area (Å²) in [4.78, 5) is 3.51. The number of ether oxygens (including phenoxy) is 1. The monoisotopic (exact) mass is 218 g/mol. The number of nitrogens with two attached hydrogens (primary N) is 1. The van der Waals surface area contributed by atoms with E-state index in [1.165, 1.54) is 19.4 Å². The topological polar surface area (TPSA) is 48.1 Å². The predicted molar refractivity (Wildman–Crippen MR) is 52.6 cm³/mol. The average Bonchev–Trinajstić information content (AvgIpc) is 2.20. The Balaban J connectivity index is 3.22. The molecule has 0 aliphatic rings. The van der Waals surface area contributed by atoms with Crippen molar-refractivity contribution in [3.8, 4) is 0 Å². The van der Waals surface area contributed by atoms with Crippen molar-refractivity contribution < 1.29 is 9.13 Å². The van der Waals surface area contributed by atoms with Gasteiger partial charge >= 0.3 is 0 Å². The van der Waals surface area contributed by atoms with Crippen molar-refractivity contribution in [3.63, 3.8) is 0 Å². The first kappa shape index (κ1) is 11.4. The summed E-state index contributed by atoms with van der Waals surface area (Å²) in [5.41, 5.74) is 4.89. The summed E-state index contributed by atoms with van der Waals surface area (Å²) in [6.45, 7) is 1.84. The second-order valence-electron chi connectivity index (χ2n) is 3.13. The molecular formula is C9H12ClFN2O. The zero-order valence-electron chi connectivity index (χ0n) is 8.05. The van der Waals surface area contributed by atoms with Crippen molar-refractivity contribution in [2.45, 2.75) is 12.5 Å². The largest absolute Gasteiger partial charge is 0.372 e. The van der Waals surface area contributed by atoms with Gasteiger partial charge in [0.1, 0.15) is 5.60 Å². The Kier molecular flexibility index (Phi) is 3.42. The van der Waals surface area contributed by atoms with E-state index in [4.69, 9.17) is 22.1 Å². The molecule has 1 aromatic rings. The second-order valence-corrected chi connectivity index (χ2v) is 3.57. The molecule has 78 valence electrons. The second kappa shape index (κ2) is 4.21. The third-order valence-electron chi connectivity index (χ3n) is 2.22. The number of hydrogen-bond donors (Lipinski definition) is 1. The van der Waals surface area contributed by atoms with Crippen molar-refractivity contribution in [1.29, 1.82) is 0 Å². The van der Waals surface area contributed by atoms with Gasteiger partial charge in [-0.25, -0.2) is 4.98 Å². The Hall–Kier alpha value is -0.710. The van der Waals surface area contributed by atoms with E-state index in [9.17, 15) is 4.39 Å². The van der Waals surface area contributed by atoms with E-state index in [2.05, 4.69) is 4.98 Å². The van der Waals surface area contributed by atoms with Gasteiger partial charge in [0, 0.05) is 25.4 Å². The van der Waals surface area contributed by atoms with Crippen LogP contribution in [0.5, 0.6) is 0 Å². The third-order valence-corrected chi connectivity index (χ3v) is 2.42. The smallest absolute Gasteiger partial charge is 0.219 e. The van der Waals surface area contributed by atoms with E-state index >= 15 is 0 Å². The van der Waals surface area contributed by atoms with E-state index in [0.717, 1.165) is 0 Å². The lowest BCUT2D eigenvalue weighted by molar-refractivity contribution is 0.00655. The molecule has 5 heteroatoms. The zero-order chi connectivity index (χ0) is 10.8. The van der Waals surface area contributed by atoms with Gasteiger partial charge < -0.3 is 10.5 Å². The molecule has 0 spiro atoms. The molecule has 0 radical (unpaired) electrons. The zero-order valence-corrected chi connectivity index (χ0v) is 8.81. The van der Waals surface area contributed by atoms with Crippen LogP contribution in [0.15, 0.2) is 12.3 Å². The molecule has 2 N–H and O–H groups in total. The van der Waals surface area contributed by atoms with Crippen LogP contribution < -0.4 is 5.73 Å². The highest BCUT2D eigenvalue weighted by Crippen LogP contribution is 2.26. The SMILES string of the molecule is COC(C)(CN)c1cc(Cl)cnc1F. The molecular weight excluding hydrogens is 207 g/mol. The van der Waals surface area contributed by atoms with Crippen molar-refractivity contribution in [2.24, 2.45) is 5.73 Å². The highest BCUT2D eigenvalue weighted by atomic mass is 35.5. The number of methoxy groups -OCH3 is 1. The minimum Gasteiger partial charge on any atom is -0.372 e. The summed E-state index contributed by atoms with van der Waals surface area (Å²) < 4.78 is 18.5. The minimum absolute atomic E-state index is 0.155. The summed E-state index contributed by atoms with van der Waals surface area (Å²) in [5.74, 6) is -0.607. The van der Waals surface area contributed by atoms with Crippen LogP contribution in [-0.2, 0) is 10.3 Å². The predicted octanol–water partition coefficient (Wildman–Crippen LogP) is 1.69. The van der Waals surface area contributed by atoms with Gasteiger partial charge in [-0.05, 0) is 13.0 Å². The fourth-order valence-electron chi connectivity index (χ4n) is 1.10. The normalized spacial score (nSPS) is 15.2. The van der Waals surface area contributed by atoms with Crippen molar-refractivity contribution in [2.75, 3.05) is 13.7 Å². The van der Waals surface area contributed by atoms with Gasteiger partial charge in [0.05, 0.1) is 5.02 Å². The fourth-order valence-corrected chi connectivity index (χ4v) is 1.25. The first-order valence-electron chi connectivity index (χ1n) is 4.10. The Bertz CT molecular complexity index is 329. The molecule has 0 saturated carbocycles. The first-order chi connectivity index (χ1) is 6.53. The number of nitrogens with zero attached hydrogens (tertiary/aromatic N) is 1. The summed E-state index contributed by atoms with van der Waals surface area (Å²) in [5, 5.41) is 0.359.